The standard InChI is InChI=1S/C22H26N2O3S/c1-21(2,3)13-9-14(22(4,5)6)17(25)10-16(13)24-20(27)12-11-23-15-7-8-28-19(15)18(12)26/h7-11,25H,1-6H3,(H,23,26)(H,24,27). The Labute approximate surface area is 168 Å². The number of phenols is 1. The summed E-state index contributed by atoms with van der Waals surface area (Å²) in [6, 6.07) is 5.33. The first-order chi connectivity index (χ1) is 12.9. The van der Waals surface area contributed by atoms with E-state index in [1.54, 1.807) is 6.07 Å². The van der Waals surface area contributed by atoms with Crippen molar-refractivity contribution < 1.29 is 9.90 Å². The maximum absolute atomic E-state index is 12.9. The number of amides is 1. The fourth-order valence-electron chi connectivity index (χ4n) is 3.21. The van der Waals surface area contributed by atoms with E-state index < -0.39 is 5.91 Å². The van der Waals surface area contributed by atoms with E-state index in [1.807, 2.05) is 59.1 Å². The third-order valence-electron chi connectivity index (χ3n) is 4.73. The Morgan fingerprint density at radius 2 is 1.71 bits per heavy atom. The Kier molecular flexibility index (Phi) is 4.88. The van der Waals surface area contributed by atoms with Crippen LogP contribution in [0.4, 0.5) is 5.69 Å². The molecular weight excluding hydrogens is 372 g/mol. The SMILES string of the molecule is CC(C)(C)c1cc(C(C)(C)C)c(NC(=O)c2c[nH]c3ccsc3c2=O)cc1O. The van der Waals surface area contributed by atoms with Gasteiger partial charge in [0.05, 0.1) is 10.2 Å². The number of hydrogen-bond acceptors (Lipinski definition) is 4. The Morgan fingerprint density at radius 3 is 2.32 bits per heavy atom. The van der Waals surface area contributed by atoms with Gasteiger partial charge in [0, 0.05) is 18.0 Å². The number of nitrogens with one attached hydrogen (secondary N) is 2. The summed E-state index contributed by atoms with van der Waals surface area (Å²) in [6.45, 7) is 12.2. The molecule has 0 aliphatic carbocycles. The van der Waals surface area contributed by atoms with Gasteiger partial charge in [-0.2, -0.15) is 0 Å². The molecule has 0 saturated carbocycles. The zero-order chi connectivity index (χ0) is 20.9. The first-order valence-electron chi connectivity index (χ1n) is 9.18. The number of H-pyrrole nitrogens is 1. The molecule has 3 rings (SSSR count). The van der Waals surface area contributed by atoms with Gasteiger partial charge < -0.3 is 15.4 Å². The van der Waals surface area contributed by atoms with E-state index in [-0.39, 0.29) is 27.6 Å². The number of anilines is 1. The number of aromatic nitrogens is 1. The number of hydrogen-bond donors (Lipinski definition) is 3. The molecule has 28 heavy (non-hydrogen) atoms. The van der Waals surface area contributed by atoms with Gasteiger partial charge in [-0.05, 0) is 39.5 Å². The summed E-state index contributed by atoms with van der Waals surface area (Å²) in [7, 11) is 0. The molecule has 1 aromatic carbocycles. The van der Waals surface area contributed by atoms with Gasteiger partial charge in [0.1, 0.15) is 11.3 Å². The van der Waals surface area contributed by atoms with Crippen LogP contribution in [-0.4, -0.2) is 16.0 Å². The van der Waals surface area contributed by atoms with Gasteiger partial charge in [-0.1, -0.05) is 41.5 Å². The van der Waals surface area contributed by atoms with Crippen LogP contribution in [0.1, 0.15) is 63.0 Å². The zero-order valence-electron chi connectivity index (χ0n) is 17.1. The highest BCUT2D eigenvalue weighted by Gasteiger charge is 2.26. The second kappa shape index (κ2) is 6.78. The summed E-state index contributed by atoms with van der Waals surface area (Å²) in [5.41, 5.74) is 2.19. The van der Waals surface area contributed by atoms with Crippen LogP contribution in [0.3, 0.4) is 0 Å². The minimum Gasteiger partial charge on any atom is -0.508 e. The van der Waals surface area contributed by atoms with Gasteiger partial charge in [-0.15, -0.1) is 11.3 Å². The summed E-state index contributed by atoms with van der Waals surface area (Å²) in [4.78, 5) is 28.5. The normalized spacial score (nSPS) is 12.4. The van der Waals surface area contributed by atoms with Crippen molar-refractivity contribution in [1.29, 1.82) is 0 Å². The Morgan fingerprint density at radius 1 is 1.07 bits per heavy atom. The maximum atomic E-state index is 12.9. The molecule has 0 aliphatic heterocycles. The maximum Gasteiger partial charge on any atom is 0.261 e. The minimum atomic E-state index is -0.495. The second-order valence-electron chi connectivity index (χ2n) is 9.06. The number of aromatic hydroxyl groups is 1. The van der Waals surface area contributed by atoms with Crippen LogP contribution in [-0.2, 0) is 10.8 Å². The molecule has 148 valence electrons. The first kappa shape index (κ1) is 20.1. The molecule has 3 aromatic rings. The number of pyridine rings is 1. The lowest BCUT2D eigenvalue weighted by atomic mass is 9.79. The molecule has 2 heterocycles. The highest BCUT2D eigenvalue weighted by molar-refractivity contribution is 7.17. The van der Waals surface area contributed by atoms with Crippen LogP contribution in [0.5, 0.6) is 5.75 Å². The highest BCUT2D eigenvalue weighted by Crippen LogP contribution is 2.39. The van der Waals surface area contributed by atoms with Crippen molar-refractivity contribution in [3.63, 3.8) is 0 Å². The van der Waals surface area contributed by atoms with E-state index in [2.05, 4.69) is 10.3 Å². The van der Waals surface area contributed by atoms with Gasteiger partial charge in [0.2, 0.25) is 5.43 Å². The van der Waals surface area contributed by atoms with Crippen LogP contribution >= 0.6 is 11.3 Å². The molecule has 0 fully saturated rings. The van der Waals surface area contributed by atoms with E-state index >= 15 is 0 Å². The van der Waals surface area contributed by atoms with Crippen molar-refractivity contribution in [2.75, 3.05) is 5.32 Å². The lowest BCUT2D eigenvalue weighted by Gasteiger charge is -2.28. The summed E-state index contributed by atoms with van der Waals surface area (Å²) in [5, 5.41) is 15.2. The van der Waals surface area contributed by atoms with E-state index in [0.29, 0.717) is 15.9 Å². The summed E-state index contributed by atoms with van der Waals surface area (Å²) in [6.07, 6.45) is 1.44. The minimum absolute atomic E-state index is 0.0502. The molecule has 1 amide bonds. The number of thiophene rings is 1. The Balaban J connectivity index is 2.07. The molecular formula is C22H26N2O3S. The van der Waals surface area contributed by atoms with Gasteiger partial charge in [0.15, 0.2) is 0 Å². The van der Waals surface area contributed by atoms with Gasteiger partial charge in [0.25, 0.3) is 5.91 Å². The molecule has 0 bridgehead atoms. The lowest BCUT2D eigenvalue weighted by Crippen LogP contribution is -2.24. The second-order valence-corrected chi connectivity index (χ2v) is 9.98. The molecule has 0 radical (unpaired) electrons. The molecule has 0 saturated heterocycles. The smallest absolute Gasteiger partial charge is 0.261 e. The highest BCUT2D eigenvalue weighted by atomic mass is 32.1. The molecule has 3 N–H and O–H groups in total. The number of carbonyl (C=O) groups excluding carboxylic acids is 1. The molecule has 2 aromatic heterocycles. The number of rotatable bonds is 2. The molecule has 0 unspecified atom stereocenters. The van der Waals surface area contributed by atoms with Crippen LogP contribution in [0, 0.1) is 0 Å². The van der Waals surface area contributed by atoms with Crippen LogP contribution < -0.4 is 10.7 Å². The van der Waals surface area contributed by atoms with Crippen molar-refractivity contribution in [1.82, 2.24) is 4.98 Å². The molecule has 0 atom stereocenters. The van der Waals surface area contributed by atoms with Crippen molar-refractivity contribution in [3.8, 4) is 5.75 Å². The monoisotopic (exact) mass is 398 g/mol. The van der Waals surface area contributed by atoms with E-state index in [4.69, 9.17) is 0 Å². The predicted molar refractivity (Wildman–Crippen MR) is 116 cm³/mol. The van der Waals surface area contributed by atoms with Crippen molar-refractivity contribution in [2.45, 2.75) is 52.4 Å². The van der Waals surface area contributed by atoms with Gasteiger partial charge in [-0.3, -0.25) is 9.59 Å². The Bertz CT molecular complexity index is 1110. The predicted octanol–water partition coefficient (Wildman–Crippen LogP) is 5.14. The summed E-state index contributed by atoms with van der Waals surface area (Å²) >= 11 is 1.30. The molecule has 6 heteroatoms. The average molecular weight is 399 g/mol. The molecule has 0 spiro atoms. The fraction of sp³-hybridized carbons (Fsp3) is 0.364. The number of aromatic amines is 1. The number of fused-ring (bicyclic) bond motifs is 1. The van der Waals surface area contributed by atoms with Crippen molar-refractivity contribution >= 4 is 33.1 Å². The van der Waals surface area contributed by atoms with Crippen LogP contribution in [0.15, 0.2) is 34.6 Å². The zero-order valence-corrected chi connectivity index (χ0v) is 17.9. The fourth-order valence-corrected chi connectivity index (χ4v) is 4.02. The summed E-state index contributed by atoms with van der Waals surface area (Å²) < 4.78 is 0.523. The van der Waals surface area contributed by atoms with Gasteiger partial charge >= 0.3 is 0 Å². The summed E-state index contributed by atoms with van der Waals surface area (Å²) in [5.74, 6) is -0.372. The van der Waals surface area contributed by atoms with Gasteiger partial charge in [-0.25, -0.2) is 0 Å². The van der Waals surface area contributed by atoms with Crippen molar-refractivity contribution in [2.24, 2.45) is 0 Å². The topological polar surface area (TPSA) is 82.2 Å². The third-order valence-corrected chi connectivity index (χ3v) is 5.65. The van der Waals surface area contributed by atoms with E-state index in [1.165, 1.54) is 17.5 Å². The van der Waals surface area contributed by atoms with Crippen LogP contribution in [0.25, 0.3) is 10.2 Å². The quantitative estimate of drug-likeness (QED) is 0.559. The molecule has 0 aliphatic rings. The van der Waals surface area contributed by atoms with E-state index in [9.17, 15) is 14.7 Å². The number of benzene rings is 1. The van der Waals surface area contributed by atoms with Crippen molar-refractivity contribution in [3.05, 3.63) is 56.7 Å². The van der Waals surface area contributed by atoms with Crippen LogP contribution in [0.2, 0.25) is 0 Å². The number of carbonyl (C=O) groups is 1. The number of phenolic OH excluding ortho intramolecular Hbond substituents is 1. The average Bonchev–Trinajstić information content (AvgIpc) is 3.02. The largest absolute Gasteiger partial charge is 0.508 e. The molecule has 5 nitrogen and oxygen atoms in total. The third kappa shape index (κ3) is 3.69. The first-order valence-corrected chi connectivity index (χ1v) is 10.1. The lowest BCUT2D eigenvalue weighted by molar-refractivity contribution is 0.102. The van der Waals surface area contributed by atoms with E-state index in [0.717, 1.165) is 11.1 Å². The Hall–Kier alpha value is -2.60.